The average Bonchev–Trinajstić information content (AvgIpc) is 2.44. The van der Waals surface area contributed by atoms with E-state index in [1.807, 2.05) is 0 Å². The number of halogens is 1. The van der Waals surface area contributed by atoms with E-state index >= 15 is 0 Å². The van der Waals surface area contributed by atoms with E-state index < -0.39 is 22.2 Å². The first-order valence-electron chi connectivity index (χ1n) is 5.82. The molecular weight excluding hydrogens is 296 g/mol. The third-order valence-corrected chi connectivity index (χ3v) is 2.90. The maximum absolute atomic E-state index is 11.6. The standard InChI is InChI=1S/C14H9ClN2O4/c15-9-1-3-10(4-2-9)16-8-13(17(20)21)12-7-11(18)5-6-14(12)19/h1-8,16H. The van der Waals surface area contributed by atoms with Crippen LogP contribution < -0.4 is 5.32 Å². The van der Waals surface area contributed by atoms with Gasteiger partial charge >= 0.3 is 0 Å². The quantitative estimate of drug-likeness (QED) is 0.524. The van der Waals surface area contributed by atoms with Gasteiger partial charge in [-0.15, -0.1) is 0 Å². The zero-order chi connectivity index (χ0) is 15.4. The van der Waals surface area contributed by atoms with Gasteiger partial charge in [-0.1, -0.05) is 11.6 Å². The van der Waals surface area contributed by atoms with Crippen LogP contribution in [0.5, 0.6) is 0 Å². The van der Waals surface area contributed by atoms with Crippen LogP contribution in [0.15, 0.2) is 60.0 Å². The molecule has 1 aliphatic rings. The molecule has 6 nitrogen and oxygen atoms in total. The minimum Gasteiger partial charge on any atom is -0.356 e. The number of hydrogen-bond donors (Lipinski definition) is 1. The Bertz CT molecular complexity index is 702. The normalized spacial score (nSPS) is 14.9. The molecule has 0 amide bonds. The van der Waals surface area contributed by atoms with E-state index in [1.165, 1.54) is 0 Å². The third-order valence-electron chi connectivity index (χ3n) is 2.64. The molecule has 106 valence electrons. The number of allylic oxidation sites excluding steroid dienone is 4. The molecule has 0 fully saturated rings. The van der Waals surface area contributed by atoms with Gasteiger partial charge in [0.25, 0.3) is 5.70 Å². The molecule has 0 radical (unpaired) electrons. The summed E-state index contributed by atoms with van der Waals surface area (Å²) in [5, 5.41) is 14.3. The zero-order valence-electron chi connectivity index (χ0n) is 10.6. The molecule has 0 unspecified atom stereocenters. The number of carbonyl (C=O) groups excluding carboxylic acids is 2. The van der Waals surface area contributed by atoms with Gasteiger partial charge in [0, 0.05) is 16.8 Å². The van der Waals surface area contributed by atoms with Crippen LogP contribution in [0.1, 0.15) is 0 Å². The molecule has 1 aromatic carbocycles. The van der Waals surface area contributed by atoms with Crippen LogP contribution in [-0.2, 0) is 9.59 Å². The SMILES string of the molecule is O=C1C=CC(=O)C(C(=CNc2ccc(Cl)cc2)[N+](=O)[O-])=C1. The lowest BCUT2D eigenvalue weighted by Gasteiger charge is -2.05. The number of ketones is 2. The Balaban J connectivity index is 2.29. The first kappa shape index (κ1) is 14.7. The number of rotatable bonds is 4. The van der Waals surface area contributed by atoms with Gasteiger partial charge in [-0.3, -0.25) is 19.7 Å². The second-order valence-corrected chi connectivity index (χ2v) is 4.53. The Morgan fingerprint density at radius 3 is 2.48 bits per heavy atom. The summed E-state index contributed by atoms with van der Waals surface area (Å²) in [5.41, 5.74) is -0.175. The Morgan fingerprint density at radius 2 is 1.86 bits per heavy atom. The molecule has 1 N–H and O–H groups in total. The van der Waals surface area contributed by atoms with Gasteiger partial charge in [0.05, 0.1) is 11.1 Å². The Kier molecular flexibility index (Phi) is 4.30. The van der Waals surface area contributed by atoms with E-state index in [1.54, 1.807) is 24.3 Å². The van der Waals surface area contributed by atoms with Crippen LogP contribution in [0.2, 0.25) is 5.02 Å². The molecule has 2 rings (SSSR count). The fourth-order valence-electron chi connectivity index (χ4n) is 1.64. The minimum absolute atomic E-state index is 0.256. The molecule has 0 spiro atoms. The van der Waals surface area contributed by atoms with Gasteiger partial charge in [-0.2, -0.15) is 0 Å². The molecule has 1 aliphatic carbocycles. The number of nitrogens with zero attached hydrogens (tertiary/aromatic N) is 1. The largest absolute Gasteiger partial charge is 0.356 e. The topological polar surface area (TPSA) is 89.3 Å². The molecule has 0 aromatic heterocycles. The third kappa shape index (κ3) is 3.64. The molecule has 0 heterocycles. The molecule has 7 heteroatoms. The minimum atomic E-state index is -0.723. The van der Waals surface area contributed by atoms with E-state index in [2.05, 4.69) is 5.32 Å². The molecular formula is C14H9ClN2O4. The molecule has 0 saturated carbocycles. The van der Waals surface area contributed by atoms with Crippen LogP contribution in [0.25, 0.3) is 0 Å². The summed E-state index contributed by atoms with van der Waals surface area (Å²) >= 11 is 5.73. The highest BCUT2D eigenvalue weighted by atomic mass is 35.5. The van der Waals surface area contributed by atoms with E-state index in [9.17, 15) is 19.7 Å². The highest BCUT2D eigenvalue weighted by Gasteiger charge is 2.25. The number of benzene rings is 1. The summed E-state index contributed by atoms with van der Waals surface area (Å²) in [6.45, 7) is 0. The van der Waals surface area contributed by atoms with Crippen molar-refractivity contribution in [3.8, 4) is 0 Å². The lowest BCUT2D eigenvalue weighted by molar-refractivity contribution is -0.420. The van der Waals surface area contributed by atoms with Crippen LogP contribution in [0.4, 0.5) is 5.69 Å². The zero-order valence-corrected chi connectivity index (χ0v) is 11.3. The van der Waals surface area contributed by atoms with Gasteiger partial charge in [0.2, 0.25) is 0 Å². The lowest BCUT2D eigenvalue weighted by atomic mass is 10.0. The van der Waals surface area contributed by atoms with Crippen molar-refractivity contribution >= 4 is 28.9 Å². The van der Waals surface area contributed by atoms with Crippen molar-refractivity contribution in [3.63, 3.8) is 0 Å². The van der Waals surface area contributed by atoms with E-state index in [0.717, 1.165) is 24.4 Å². The molecule has 1 aromatic rings. The van der Waals surface area contributed by atoms with Crippen LogP contribution >= 0.6 is 11.6 Å². The second kappa shape index (κ2) is 6.15. The van der Waals surface area contributed by atoms with Crippen molar-refractivity contribution in [3.05, 3.63) is 75.1 Å². The first-order chi connectivity index (χ1) is 9.97. The highest BCUT2D eigenvalue weighted by Crippen LogP contribution is 2.18. The maximum Gasteiger partial charge on any atom is 0.296 e. The number of hydrogen-bond acceptors (Lipinski definition) is 5. The van der Waals surface area contributed by atoms with Gasteiger partial charge in [0.1, 0.15) is 5.57 Å². The number of nitrogens with one attached hydrogen (secondary N) is 1. The summed E-state index contributed by atoms with van der Waals surface area (Å²) in [7, 11) is 0. The van der Waals surface area contributed by atoms with Crippen molar-refractivity contribution in [2.24, 2.45) is 0 Å². The lowest BCUT2D eigenvalue weighted by Crippen LogP contribution is -2.15. The van der Waals surface area contributed by atoms with E-state index in [-0.39, 0.29) is 5.57 Å². The van der Waals surface area contributed by atoms with Crippen molar-refractivity contribution in [1.82, 2.24) is 0 Å². The van der Waals surface area contributed by atoms with Gasteiger partial charge < -0.3 is 5.32 Å². The molecule has 0 aliphatic heterocycles. The van der Waals surface area contributed by atoms with Crippen LogP contribution in [0.3, 0.4) is 0 Å². The summed E-state index contributed by atoms with van der Waals surface area (Å²) in [6, 6.07) is 6.47. The Morgan fingerprint density at radius 1 is 1.19 bits per heavy atom. The fraction of sp³-hybridized carbons (Fsp3) is 0. The van der Waals surface area contributed by atoms with E-state index in [0.29, 0.717) is 10.7 Å². The summed E-state index contributed by atoms with van der Waals surface area (Å²) in [5.74, 6) is -1.06. The summed E-state index contributed by atoms with van der Waals surface area (Å²) < 4.78 is 0. The number of carbonyl (C=O) groups is 2. The fourth-order valence-corrected chi connectivity index (χ4v) is 1.76. The summed E-state index contributed by atoms with van der Waals surface area (Å²) in [4.78, 5) is 33.3. The molecule has 0 saturated heterocycles. The van der Waals surface area contributed by atoms with Crippen LogP contribution in [0, 0.1) is 10.1 Å². The maximum atomic E-state index is 11.6. The average molecular weight is 305 g/mol. The van der Waals surface area contributed by atoms with Gasteiger partial charge in [0.15, 0.2) is 11.6 Å². The number of nitro groups is 1. The number of anilines is 1. The smallest absolute Gasteiger partial charge is 0.296 e. The van der Waals surface area contributed by atoms with Crippen molar-refractivity contribution in [1.29, 1.82) is 0 Å². The Hall–Kier alpha value is -2.73. The molecule has 0 atom stereocenters. The Labute approximate surface area is 124 Å². The summed E-state index contributed by atoms with van der Waals surface area (Å²) in [6.07, 6.45) is 4.09. The predicted octanol–water partition coefficient (Wildman–Crippen LogP) is 2.50. The first-order valence-corrected chi connectivity index (χ1v) is 6.20. The highest BCUT2D eigenvalue weighted by molar-refractivity contribution is 6.30. The van der Waals surface area contributed by atoms with Crippen molar-refractivity contribution in [2.45, 2.75) is 0 Å². The van der Waals surface area contributed by atoms with Gasteiger partial charge in [-0.05, 0) is 36.4 Å². The molecule has 21 heavy (non-hydrogen) atoms. The van der Waals surface area contributed by atoms with Crippen molar-refractivity contribution in [2.75, 3.05) is 5.32 Å². The second-order valence-electron chi connectivity index (χ2n) is 4.10. The molecule has 0 bridgehead atoms. The van der Waals surface area contributed by atoms with Crippen molar-refractivity contribution < 1.29 is 14.5 Å². The monoisotopic (exact) mass is 304 g/mol. The van der Waals surface area contributed by atoms with Crippen LogP contribution in [-0.4, -0.2) is 16.5 Å². The van der Waals surface area contributed by atoms with E-state index in [4.69, 9.17) is 11.6 Å². The predicted molar refractivity (Wildman–Crippen MR) is 77.4 cm³/mol. The van der Waals surface area contributed by atoms with Gasteiger partial charge in [-0.25, -0.2) is 0 Å².